The number of ether oxygens (including phenoxy) is 1. The van der Waals surface area contributed by atoms with Gasteiger partial charge in [-0.3, -0.25) is 0 Å². The van der Waals surface area contributed by atoms with E-state index in [0.717, 1.165) is 21.9 Å². The smallest absolute Gasteiger partial charge is 0.438 e. The van der Waals surface area contributed by atoms with Gasteiger partial charge >= 0.3 is 7.12 Å². The first-order valence-electron chi connectivity index (χ1n) is 15.7. The van der Waals surface area contributed by atoms with Gasteiger partial charge in [0, 0.05) is 18.1 Å². The number of oxazole rings is 1. The molecule has 46 heavy (non-hydrogen) atoms. The van der Waals surface area contributed by atoms with E-state index in [9.17, 15) is 0 Å². The monoisotopic (exact) mass is 638 g/mol. The predicted molar refractivity (Wildman–Crippen MR) is 184 cm³/mol. The van der Waals surface area contributed by atoms with Crippen molar-refractivity contribution in [1.29, 1.82) is 0 Å². The van der Waals surface area contributed by atoms with Crippen LogP contribution in [0.4, 0.5) is 0 Å². The molecule has 5 aromatic rings. The van der Waals surface area contributed by atoms with Crippen LogP contribution >= 0.6 is 0 Å². The molecular weight excluding hydrogens is 595 g/mol. The van der Waals surface area contributed by atoms with E-state index in [0.29, 0.717) is 11.7 Å². The van der Waals surface area contributed by atoms with E-state index in [-0.39, 0.29) is 18.4 Å². The Bertz CT molecular complexity index is 1740. The van der Waals surface area contributed by atoms with Crippen molar-refractivity contribution in [2.24, 2.45) is 0 Å². The van der Waals surface area contributed by atoms with Gasteiger partial charge in [0.2, 0.25) is 12.7 Å². The number of hydrogen-bond donors (Lipinski definition) is 0. The summed E-state index contributed by atoms with van der Waals surface area (Å²) in [5, 5.41) is 3.12. The van der Waals surface area contributed by atoms with Crippen molar-refractivity contribution in [3.8, 4) is 11.3 Å². The number of benzene rings is 3. The molecule has 0 N–H and O–H groups in total. The fourth-order valence-electron chi connectivity index (χ4n) is 6.29. The summed E-state index contributed by atoms with van der Waals surface area (Å²) in [6, 6.07) is 27.1. The maximum absolute atomic E-state index is 7.09. The highest BCUT2D eigenvalue weighted by Crippen LogP contribution is 2.40. The Morgan fingerprint density at radius 2 is 1.46 bits per heavy atom. The molecule has 0 bridgehead atoms. The molecule has 0 radical (unpaired) electrons. The van der Waals surface area contributed by atoms with E-state index in [1.807, 2.05) is 36.5 Å². The first-order chi connectivity index (χ1) is 21.9. The van der Waals surface area contributed by atoms with Gasteiger partial charge < -0.3 is 27.7 Å². The van der Waals surface area contributed by atoms with E-state index < -0.39 is 26.6 Å². The zero-order valence-electron chi connectivity index (χ0n) is 28.0. The second-order valence-electron chi connectivity index (χ2n) is 13.8. The molecule has 1 fully saturated rings. The van der Waals surface area contributed by atoms with Crippen LogP contribution in [0.1, 0.15) is 54.4 Å². The summed E-state index contributed by atoms with van der Waals surface area (Å²) in [6.45, 7) is 15.3. The molecule has 0 unspecified atom stereocenters. The van der Waals surface area contributed by atoms with E-state index >= 15 is 0 Å². The summed E-state index contributed by atoms with van der Waals surface area (Å²) in [4.78, 5) is 10.6. The lowest BCUT2D eigenvalue weighted by atomic mass is 9.76. The van der Waals surface area contributed by atoms with Gasteiger partial charge in [0.05, 0.1) is 29.1 Å². The van der Waals surface area contributed by atoms with Crippen molar-refractivity contribution in [1.82, 2.24) is 9.71 Å². The fraction of sp³-hybridized carbons (Fsp3) is 0.361. The Kier molecular flexibility index (Phi) is 8.54. The van der Waals surface area contributed by atoms with Gasteiger partial charge in [-0.2, -0.15) is 4.73 Å². The second kappa shape index (κ2) is 12.2. The number of rotatable bonds is 10. The Hall–Kier alpha value is -3.67. The first kappa shape index (κ1) is 32.3. The van der Waals surface area contributed by atoms with Gasteiger partial charge in [0.15, 0.2) is 5.76 Å². The molecule has 0 spiro atoms. The molecule has 2 aromatic heterocycles. The maximum atomic E-state index is 7.09. The zero-order chi connectivity index (χ0) is 32.7. The van der Waals surface area contributed by atoms with Crippen LogP contribution in [0.5, 0.6) is 0 Å². The van der Waals surface area contributed by atoms with Crippen LogP contribution in [0.25, 0.3) is 22.2 Å². The Morgan fingerprint density at radius 3 is 2.02 bits per heavy atom. The van der Waals surface area contributed by atoms with Crippen LogP contribution in [0.3, 0.4) is 0 Å². The summed E-state index contributed by atoms with van der Waals surface area (Å²) in [5.41, 5.74) is 1.54. The SMILES string of the molecule is COCOn1cc(-c2cnc(CO[Si](c3ccccc3)(c3ccccc3)C(C)(C)C)o2)c2c(B3OC(C)(C)C(C)(C)O3)cccc21. The van der Waals surface area contributed by atoms with Gasteiger partial charge in [-0.1, -0.05) is 93.6 Å². The van der Waals surface area contributed by atoms with Crippen molar-refractivity contribution >= 4 is 42.2 Å². The Labute approximate surface area is 272 Å². The number of methoxy groups -OCH3 is 1. The van der Waals surface area contributed by atoms with E-state index in [1.165, 1.54) is 10.4 Å². The Balaban J connectivity index is 1.40. The molecule has 3 aromatic carbocycles. The third kappa shape index (κ3) is 5.62. The largest absolute Gasteiger partial charge is 0.495 e. The average molecular weight is 639 g/mol. The van der Waals surface area contributed by atoms with E-state index in [1.54, 1.807) is 18.0 Å². The highest BCUT2D eigenvalue weighted by Gasteiger charge is 2.53. The zero-order valence-corrected chi connectivity index (χ0v) is 29.0. The van der Waals surface area contributed by atoms with Crippen LogP contribution in [-0.2, 0) is 25.1 Å². The van der Waals surface area contributed by atoms with Crippen molar-refractivity contribution in [2.45, 2.75) is 71.3 Å². The first-order valence-corrected chi connectivity index (χ1v) is 17.6. The van der Waals surface area contributed by atoms with Crippen LogP contribution in [0.2, 0.25) is 5.04 Å². The molecular formula is C36H43BN2O6Si. The molecule has 0 amide bonds. The van der Waals surface area contributed by atoms with Gasteiger partial charge in [-0.05, 0) is 54.6 Å². The fourth-order valence-corrected chi connectivity index (χ4v) is 10.8. The second-order valence-corrected chi connectivity index (χ2v) is 18.1. The highest BCUT2D eigenvalue weighted by atomic mass is 28.4. The normalized spacial score (nSPS) is 16.3. The third-order valence-corrected chi connectivity index (χ3v) is 14.3. The molecule has 8 nitrogen and oxygen atoms in total. The minimum Gasteiger partial charge on any atom is -0.438 e. The third-order valence-electron chi connectivity index (χ3n) is 9.29. The summed E-state index contributed by atoms with van der Waals surface area (Å²) in [6.07, 6.45) is 3.65. The van der Waals surface area contributed by atoms with Crippen molar-refractivity contribution in [2.75, 3.05) is 13.9 Å². The summed E-state index contributed by atoms with van der Waals surface area (Å²) < 4.78 is 33.4. The van der Waals surface area contributed by atoms with Gasteiger partial charge in [-0.15, -0.1) is 0 Å². The standard InChI is InChI=1S/C36H43BN2O6Si/c1-34(2,3)46(26-16-11-9-12-17-26,27-18-13-10-14-19-27)42-24-32-38-22-31(43-32)28-23-39(41-25-40-8)30-21-15-20-29(33(28)30)37-44-35(4,5)36(6,7)45-37/h9-23H,24-25H2,1-8H3. The summed E-state index contributed by atoms with van der Waals surface area (Å²) in [5.74, 6) is 1.09. The maximum Gasteiger partial charge on any atom is 0.495 e. The summed E-state index contributed by atoms with van der Waals surface area (Å²) in [7, 11) is -1.76. The van der Waals surface area contributed by atoms with Gasteiger partial charge in [0.1, 0.15) is 6.61 Å². The predicted octanol–water partition coefficient (Wildman–Crippen LogP) is 5.70. The molecule has 0 saturated carbocycles. The highest BCUT2D eigenvalue weighted by molar-refractivity contribution is 6.99. The topological polar surface area (TPSA) is 77.1 Å². The number of hydrogen-bond acceptors (Lipinski definition) is 7. The quantitative estimate of drug-likeness (QED) is 0.143. The molecule has 0 aliphatic carbocycles. The molecule has 3 heterocycles. The summed E-state index contributed by atoms with van der Waals surface area (Å²) >= 11 is 0. The lowest BCUT2D eigenvalue weighted by Gasteiger charge is -2.42. The average Bonchev–Trinajstić information content (AvgIpc) is 3.70. The van der Waals surface area contributed by atoms with E-state index in [2.05, 4.69) is 97.0 Å². The minimum atomic E-state index is -2.78. The number of fused-ring (bicyclic) bond motifs is 1. The lowest BCUT2D eigenvalue weighted by Crippen LogP contribution is -2.66. The number of aromatic nitrogens is 2. The van der Waals surface area contributed by atoms with Crippen LogP contribution in [-0.4, -0.2) is 50.3 Å². The van der Waals surface area contributed by atoms with Gasteiger partial charge in [-0.25, -0.2) is 4.98 Å². The van der Waals surface area contributed by atoms with E-state index in [4.69, 9.17) is 32.7 Å². The molecule has 1 saturated heterocycles. The molecule has 240 valence electrons. The van der Waals surface area contributed by atoms with Gasteiger partial charge in [0.25, 0.3) is 8.32 Å². The van der Waals surface area contributed by atoms with Crippen molar-refractivity contribution < 1.29 is 27.7 Å². The molecule has 10 heteroatoms. The molecule has 6 rings (SSSR count). The van der Waals surface area contributed by atoms with Crippen LogP contribution < -0.4 is 20.7 Å². The lowest BCUT2D eigenvalue weighted by molar-refractivity contribution is -0.0332. The number of nitrogens with zero attached hydrogens (tertiary/aromatic N) is 2. The van der Waals surface area contributed by atoms with Crippen molar-refractivity contribution in [3.05, 3.63) is 97.1 Å². The molecule has 1 aliphatic rings. The minimum absolute atomic E-state index is 0.0813. The molecule has 1 aliphatic heterocycles. The Morgan fingerprint density at radius 1 is 0.848 bits per heavy atom. The van der Waals surface area contributed by atoms with Crippen molar-refractivity contribution in [3.63, 3.8) is 0 Å². The van der Waals surface area contributed by atoms with Crippen LogP contribution in [0, 0.1) is 0 Å². The molecule has 0 atom stereocenters. The van der Waals surface area contributed by atoms with Crippen LogP contribution in [0.15, 0.2) is 95.7 Å².